The van der Waals surface area contributed by atoms with Gasteiger partial charge in [0.25, 0.3) is 5.91 Å². The third kappa shape index (κ3) is 4.62. The Morgan fingerprint density at radius 2 is 2.12 bits per heavy atom. The topological polar surface area (TPSA) is 51.2 Å². The smallest absolute Gasteiger partial charge is 0.267 e. The van der Waals surface area contributed by atoms with Crippen molar-refractivity contribution in [2.75, 3.05) is 5.32 Å². The van der Waals surface area contributed by atoms with Crippen molar-refractivity contribution in [2.45, 2.75) is 38.2 Å². The quantitative estimate of drug-likeness (QED) is 0.723. The molecule has 1 fully saturated rings. The molecular formula is C17H18Cl2N2O2S. The van der Waals surface area contributed by atoms with Gasteiger partial charge in [-0.05, 0) is 24.5 Å². The van der Waals surface area contributed by atoms with E-state index < -0.39 is 6.10 Å². The van der Waals surface area contributed by atoms with Gasteiger partial charge in [-0.3, -0.25) is 10.1 Å². The molecule has 3 rings (SSSR count). The Kier molecular flexibility index (Phi) is 5.98. The van der Waals surface area contributed by atoms with Gasteiger partial charge in [0.05, 0.1) is 10.0 Å². The predicted octanol–water partition coefficient (Wildman–Crippen LogP) is 5.42. The van der Waals surface area contributed by atoms with E-state index >= 15 is 0 Å². The van der Waals surface area contributed by atoms with Crippen molar-refractivity contribution in [1.29, 1.82) is 0 Å². The van der Waals surface area contributed by atoms with Gasteiger partial charge in [0.1, 0.15) is 5.75 Å². The van der Waals surface area contributed by atoms with Crippen LogP contribution < -0.4 is 10.1 Å². The molecule has 0 aliphatic heterocycles. The first-order valence-electron chi connectivity index (χ1n) is 7.94. The number of hydrogen-bond acceptors (Lipinski definition) is 4. The lowest BCUT2D eigenvalue weighted by molar-refractivity contribution is -0.123. The Labute approximate surface area is 155 Å². The van der Waals surface area contributed by atoms with Crippen LogP contribution in [0.25, 0.3) is 0 Å². The van der Waals surface area contributed by atoms with Crippen molar-refractivity contribution in [1.82, 2.24) is 4.98 Å². The summed E-state index contributed by atoms with van der Waals surface area (Å²) in [7, 11) is 0. The summed E-state index contributed by atoms with van der Waals surface area (Å²) in [5.41, 5.74) is 0. The van der Waals surface area contributed by atoms with Crippen LogP contribution in [0.15, 0.2) is 29.8 Å². The van der Waals surface area contributed by atoms with Crippen molar-refractivity contribution in [3.8, 4) is 5.75 Å². The van der Waals surface area contributed by atoms with Gasteiger partial charge in [-0.25, -0.2) is 4.98 Å². The number of amides is 1. The van der Waals surface area contributed by atoms with E-state index in [9.17, 15) is 4.79 Å². The Morgan fingerprint density at radius 1 is 1.33 bits per heavy atom. The number of nitrogens with one attached hydrogen (secondary N) is 1. The molecule has 1 amide bonds. The maximum atomic E-state index is 12.6. The molecule has 1 aromatic heterocycles. The van der Waals surface area contributed by atoms with E-state index in [0.717, 1.165) is 12.8 Å². The monoisotopic (exact) mass is 384 g/mol. The van der Waals surface area contributed by atoms with Gasteiger partial charge in [0, 0.05) is 17.6 Å². The molecule has 1 unspecified atom stereocenters. The fourth-order valence-electron chi connectivity index (χ4n) is 2.94. The molecule has 0 spiro atoms. The van der Waals surface area contributed by atoms with E-state index in [1.807, 2.05) is 5.38 Å². The van der Waals surface area contributed by atoms with Gasteiger partial charge >= 0.3 is 0 Å². The molecule has 4 nitrogen and oxygen atoms in total. The zero-order valence-electron chi connectivity index (χ0n) is 13.0. The molecule has 128 valence electrons. The van der Waals surface area contributed by atoms with E-state index in [2.05, 4.69) is 10.3 Å². The van der Waals surface area contributed by atoms with Crippen LogP contribution in [0.5, 0.6) is 5.75 Å². The van der Waals surface area contributed by atoms with Crippen molar-refractivity contribution < 1.29 is 9.53 Å². The molecule has 0 radical (unpaired) electrons. The fraction of sp³-hybridized carbons (Fsp3) is 0.412. The van der Waals surface area contributed by atoms with Gasteiger partial charge in [0.15, 0.2) is 11.2 Å². The molecule has 1 aliphatic rings. The predicted molar refractivity (Wildman–Crippen MR) is 98.2 cm³/mol. The standard InChI is InChI=1S/C17H18Cl2N2O2S/c18-13-6-5-12(10-14(13)19)23-15(9-11-3-1-2-4-11)16(22)21-17-20-7-8-24-17/h5-8,10-11,15H,1-4,9H2,(H,20,21,22). The number of halogens is 2. The Balaban J connectivity index is 1.72. The summed E-state index contributed by atoms with van der Waals surface area (Å²) in [4.78, 5) is 16.7. The molecule has 1 saturated carbocycles. The maximum Gasteiger partial charge on any atom is 0.267 e. The molecule has 0 saturated heterocycles. The molecule has 2 aromatic rings. The van der Waals surface area contributed by atoms with Crippen LogP contribution in [-0.4, -0.2) is 17.0 Å². The number of thiazole rings is 1. The van der Waals surface area contributed by atoms with Gasteiger partial charge in [-0.1, -0.05) is 48.9 Å². The van der Waals surface area contributed by atoms with Crippen LogP contribution >= 0.6 is 34.5 Å². The fourth-order valence-corrected chi connectivity index (χ4v) is 3.76. The van der Waals surface area contributed by atoms with E-state index in [-0.39, 0.29) is 5.91 Å². The number of anilines is 1. The number of aromatic nitrogens is 1. The van der Waals surface area contributed by atoms with Gasteiger partial charge in [-0.15, -0.1) is 11.3 Å². The van der Waals surface area contributed by atoms with Gasteiger partial charge < -0.3 is 4.74 Å². The largest absolute Gasteiger partial charge is 0.481 e. The van der Waals surface area contributed by atoms with Gasteiger partial charge in [0.2, 0.25) is 0 Å². The first-order valence-corrected chi connectivity index (χ1v) is 9.57. The number of hydrogen-bond donors (Lipinski definition) is 1. The van der Waals surface area contributed by atoms with Crippen molar-refractivity contribution in [2.24, 2.45) is 5.92 Å². The zero-order valence-corrected chi connectivity index (χ0v) is 15.3. The number of benzene rings is 1. The zero-order chi connectivity index (χ0) is 16.9. The Bertz CT molecular complexity index is 688. The summed E-state index contributed by atoms with van der Waals surface area (Å²) >= 11 is 13.4. The van der Waals surface area contributed by atoms with Crippen LogP contribution in [0.4, 0.5) is 5.13 Å². The molecule has 0 bridgehead atoms. The third-order valence-electron chi connectivity index (χ3n) is 4.15. The van der Waals surface area contributed by atoms with Crippen LogP contribution in [0.1, 0.15) is 32.1 Å². The third-order valence-corrected chi connectivity index (χ3v) is 5.57. The van der Waals surface area contributed by atoms with E-state index in [1.54, 1.807) is 24.4 Å². The summed E-state index contributed by atoms with van der Waals surface area (Å²) < 4.78 is 5.94. The molecule has 1 atom stereocenters. The van der Waals surface area contributed by atoms with Crippen LogP contribution in [-0.2, 0) is 4.79 Å². The van der Waals surface area contributed by atoms with Crippen LogP contribution in [0, 0.1) is 5.92 Å². The van der Waals surface area contributed by atoms with E-state index in [0.29, 0.717) is 33.3 Å². The summed E-state index contributed by atoms with van der Waals surface area (Å²) in [6, 6.07) is 5.04. The summed E-state index contributed by atoms with van der Waals surface area (Å²) in [6.07, 6.45) is 6.51. The number of rotatable bonds is 6. The highest BCUT2D eigenvalue weighted by atomic mass is 35.5. The minimum Gasteiger partial charge on any atom is -0.481 e. The Morgan fingerprint density at radius 3 is 2.79 bits per heavy atom. The normalized spacial score (nSPS) is 16.1. The minimum absolute atomic E-state index is 0.178. The molecule has 1 N–H and O–H groups in total. The van der Waals surface area contributed by atoms with E-state index in [4.69, 9.17) is 27.9 Å². The summed E-state index contributed by atoms with van der Waals surface area (Å²) in [5, 5.41) is 6.10. The number of carbonyl (C=O) groups is 1. The summed E-state index contributed by atoms with van der Waals surface area (Å²) in [5.74, 6) is 0.879. The van der Waals surface area contributed by atoms with Crippen molar-refractivity contribution in [3.63, 3.8) is 0 Å². The van der Waals surface area contributed by atoms with Crippen molar-refractivity contribution in [3.05, 3.63) is 39.8 Å². The number of ether oxygens (including phenoxy) is 1. The molecule has 1 aliphatic carbocycles. The second-order valence-corrected chi connectivity index (χ2v) is 7.60. The molecule has 24 heavy (non-hydrogen) atoms. The second-order valence-electron chi connectivity index (χ2n) is 5.90. The molecular weight excluding hydrogens is 367 g/mol. The lowest BCUT2D eigenvalue weighted by Crippen LogP contribution is -2.34. The van der Waals surface area contributed by atoms with E-state index in [1.165, 1.54) is 24.2 Å². The Hall–Kier alpha value is -1.30. The molecule has 1 heterocycles. The molecule has 1 aromatic carbocycles. The summed E-state index contributed by atoms with van der Waals surface area (Å²) in [6.45, 7) is 0. The average molecular weight is 385 g/mol. The SMILES string of the molecule is O=C(Nc1nccs1)C(CC1CCCC1)Oc1ccc(Cl)c(Cl)c1. The van der Waals surface area contributed by atoms with Crippen LogP contribution in [0.2, 0.25) is 10.0 Å². The molecule has 7 heteroatoms. The lowest BCUT2D eigenvalue weighted by atomic mass is 9.99. The highest BCUT2D eigenvalue weighted by Crippen LogP contribution is 2.32. The average Bonchev–Trinajstić information content (AvgIpc) is 3.24. The first-order chi connectivity index (χ1) is 11.6. The van der Waals surface area contributed by atoms with Crippen LogP contribution in [0.3, 0.4) is 0 Å². The highest BCUT2D eigenvalue weighted by Gasteiger charge is 2.27. The number of nitrogens with zero attached hydrogens (tertiary/aromatic N) is 1. The maximum absolute atomic E-state index is 12.6. The highest BCUT2D eigenvalue weighted by molar-refractivity contribution is 7.13. The lowest BCUT2D eigenvalue weighted by Gasteiger charge is -2.21. The number of carbonyl (C=O) groups excluding carboxylic acids is 1. The first kappa shape index (κ1) is 17.5. The van der Waals surface area contributed by atoms with Crippen molar-refractivity contribution >= 4 is 45.6 Å². The second kappa shape index (κ2) is 8.19. The van der Waals surface area contributed by atoms with Gasteiger partial charge in [-0.2, -0.15) is 0 Å². The minimum atomic E-state index is -0.575.